The zero-order chi connectivity index (χ0) is 10.3. The summed E-state index contributed by atoms with van der Waals surface area (Å²) in [5.74, 6) is 6.23. The zero-order valence-electron chi connectivity index (χ0n) is 8.57. The van der Waals surface area contributed by atoms with Gasteiger partial charge in [-0.25, -0.2) is 0 Å². The van der Waals surface area contributed by atoms with Gasteiger partial charge in [-0.15, -0.1) is 0 Å². The van der Waals surface area contributed by atoms with Crippen LogP contribution >= 0.6 is 0 Å². The van der Waals surface area contributed by atoms with Gasteiger partial charge in [0.15, 0.2) is 0 Å². The fourth-order valence-corrected chi connectivity index (χ4v) is 1.41. The topological polar surface area (TPSA) is 25.4 Å². The van der Waals surface area contributed by atoms with Gasteiger partial charge in [0.2, 0.25) is 0 Å². The summed E-state index contributed by atoms with van der Waals surface area (Å²) < 4.78 is 5.26. The molecule has 77 valence electrons. The van der Waals surface area contributed by atoms with Gasteiger partial charge in [-0.05, 0) is 12.1 Å². The molecule has 0 saturated carbocycles. The number of morpholine rings is 1. The van der Waals surface area contributed by atoms with Crippen molar-refractivity contribution < 1.29 is 4.74 Å². The normalized spacial score (nSPS) is 16.8. The largest absolute Gasteiger partial charge is 0.379 e. The van der Waals surface area contributed by atoms with Crippen molar-refractivity contribution in [2.45, 2.75) is 0 Å². The third kappa shape index (κ3) is 3.35. The Morgan fingerprint density at radius 2 is 2.33 bits per heavy atom. The Kier molecular flexibility index (Phi) is 3.72. The molecule has 0 bridgehead atoms. The quantitative estimate of drug-likeness (QED) is 0.621. The Labute approximate surface area is 90.1 Å². The van der Waals surface area contributed by atoms with Crippen LogP contribution in [0.1, 0.15) is 5.56 Å². The molecule has 15 heavy (non-hydrogen) atoms. The molecule has 3 heteroatoms. The van der Waals surface area contributed by atoms with E-state index >= 15 is 0 Å². The van der Waals surface area contributed by atoms with E-state index in [4.69, 9.17) is 4.74 Å². The smallest absolute Gasteiger partial charge is 0.0898 e. The molecule has 1 aliphatic heterocycles. The Balaban J connectivity index is 1.84. The maximum absolute atomic E-state index is 5.26. The number of hydrogen-bond acceptors (Lipinski definition) is 3. The first-order valence-corrected chi connectivity index (χ1v) is 5.06. The van der Waals surface area contributed by atoms with Crippen molar-refractivity contribution in [1.82, 2.24) is 9.88 Å². The molecule has 1 saturated heterocycles. The summed E-state index contributed by atoms with van der Waals surface area (Å²) in [6.07, 6.45) is 4.47. The van der Waals surface area contributed by atoms with Crippen LogP contribution in [0.15, 0.2) is 18.3 Å². The van der Waals surface area contributed by atoms with Crippen molar-refractivity contribution in [1.29, 1.82) is 0 Å². The monoisotopic (exact) mass is 201 g/mol. The lowest BCUT2D eigenvalue weighted by Gasteiger charge is -2.24. The standard InChI is InChI=1S/C12H13N2O/c1(2-12-3-5-13-6-4-12)7-14-8-10-15-11-9-14/h3-5H,7-11H2. The van der Waals surface area contributed by atoms with E-state index in [1.807, 2.05) is 6.07 Å². The van der Waals surface area contributed by atoms with Crippen molar-refractivity contribution >= 4 is 0 Å². The van der Waals surface area contributed by atoms with Crippen molar-refractivity contribution in [3.8, 4) is 11.8 Å². The molecule has 1 aromatic heterocycles. The van der Waals surface area contributed by atoms with Crippen LogP contribution in [0.25, 0.3) is 0 Å². The molecule has 3 nitrogen and oxygen atoms in total. The molecule has 2 heterocycles. The van der Waals surface area contributed by atoms with E-state index in [0.29, 0.717) is 0 Å². The molecule has 1 radical (unpaired) electrons. The summed E-state index contributed by atoms with van der Waals surface area (Å²) >= 11 is 0. The Hall–Kier alpha value is -1.37. The summed E-state index contributed by atoms with van der Waals surface area (Å²) in [6.45, 7) is 4.43. The van der Waals surface area contributed by atoms with Crippen LogP contribution in [0.2, 0.25) is 0 Å². The minimum Gasteiger partial charge on any atom is -0.379 e. The molecule has 0 N–H and O–H groups in total. The van der Waals surface area contributed by atoms with Crippen LogP contribution in [0.3, 0.4) is 0 Å². The van der Waals surface area contributed by atoms with E-state index in [2.05, 4.69) is 27.9 Å². The van der Waals surface area contributed by atoms with E-state index in [1.165, 1.54) is 0 Å². The summed E-state index contributed by atoms with van der Waals surface area (Å²) in [5, 5.41) is 0. The number of ether oxygens (including phenoxy) is 1. The van der Waals surface area contributed by atoms with Gasteiger partial charge < -0.3 is 4.74 Å². The molecule has 2 rings (SSSR count). The number of hydrogen-bond donors (Lipinski definition) is 0. The van der Waals surface area contributed by atoms with E-state index in [-0.39, 0.29) is 0 Å². The maximum atomic E-state index is 5.26. The van der Waals surface area contributed by atoms with Gasteiger partial charge >= 0.3 is 0 Å². The van der Waals surface area contributed by atoms with Crippen LogP contribution < -0.4 is 0 Å². The van der Waals surface area contributed by atoms with E-state index < -0.39 is 0 Å². The van der Waals surface area contributed by atoms with Gasteiger partial charge in [0, 0.05) is 24.8 Å². The van der Waals surface area contributed by atoms with E-state index in [1.54, 1.807) is 12.3 Å². The predicted octanol–water partition coefficient (Wildman–Crippen LogP) is 0.565. The predicted molar refractivity (Wildman–Crippen MR) is 57.2 cm³/mol. The summed E-state index contributed by atoms with van der Waals surface area (Å²) in [4.78, 5) is 6.12. The van der Waals surface area contributed by atoms with Crippen LogP contribution in [-0.4, -0.2) is 42.7 Å². The minimum absolute atomic E-state index is 0.811. The lowest BCUT2D eigenvalue weighted by Crippen LogP contribution is -2.36. The van der Waals surface area contributed by atoms with Crippen molar-refractivity contribution in [3.05, 3.63) is 30.1 Å². The Morgan fingerprint density at radius 1 is 1.47 bits per heavy atom. The van der Waals surface area contributed by atoms with Gasteiger partial charge in [0.25, 0.3) is 0 Å². The first kappa shape index (κ1) is 10.2. The van der Waals surface area contributed by atoms with Gasteiger partial charge in [0.05, 0.1) is 26.0 Å². The highest BCUT2D eigenvalue weighted by molar-refractivity contribution is 5.31. The van der Waals surface area contributed by atoms with Crippen molar-refractivity contribution in [2.24, 2.45) is 0 Å². The molecule has 0 spiro atoms. The fourth-order valence-electron chi connectivity index (χ4n) is 1.41. The number of aromatic nitrogens is 1. The van der Waals surface area contributed by atoms with E-state index in [9.17, 15) is 0 Å². The fraction of sp³-hybridized carbons (Fsp3) is 0.417. The van der Waals surface area contributed by atoms with Gasteiger partial charge in [-0.1, -0.05) is 11.8 Å². The maximum Gasteiger partial charge on any atom is 0.0898 e. The van der Waals surface area contributed by atoms with Gasteiger partial charge in [-0.3, -0.25) is 9.88 Å². The molecule has 1 aliphatic rings. The third-order valence-electron chi connectivity index (χ3n) is 2.26. The molecule has 0 unspecified atom stereocenters. The Morgan fingerprint density at radius 3 is 3.07 bits per heavy atom. The number of pyridine rings is 1. The molecular weight excluding hydrogens is 188 g/mol. The zero-order valence-corrected chi connectivity index (χ0v) is 8.57. The summed E-state index contributed by atoms with van der Waals surface area (Å²) in [7, 11) is 0. The van der Waals surface area contributed by atoms with Crippen LogP contribution in [0.5, 0.6) is 0 Å². The minimum atomic E-state index is 0.811. The second-order valence-corrected chi connectivity index (χ2v) is 3.36. The second-order valence-electron chi connectivity index (χ2n) is 3.36. The number of rotatable bonds is 1. The second kappa shape index (κ2) is 5.50. The van der Waals surface area contributed by atoms with Crippen LogP contribution in [0.4, 0.5) is 0 Å². The average Bonchev–Trinajstić information content (AvgIpc) is 2.32. The lowest BCUT2D eigenvalue weighted by atomic mass is 10.3. The highest BCUT2D eigenvalue weighted by Crippen LogP contribution is 1.95. The van der Waals surface area contributed by atoms with Crippen LogP contribution in [0, 0.1) is 18.0 Å². The summed E-state index contributed by atoms with van der Waals surface area (Å²) in [6, 6.07) is 3.69. The summed E-state index contributed by atoms with van der Waals surface area (Å²) in [5.41, 5.74) is 0.971. The van der Waals surface area contributed by atoms with Crippen LogP contribution in [-0.2, 0) is 4.74 Å². The average molecular weight is 201 g/mol. The van der Waals surface area contributed by atoms with E-state index in [0.717, 1.165) is 38.4 Å². The molecule has 0 aromatic carbocycles. The highest BCUT2D eigenvalue weighted by Gasteiger charge is 2.07. The van der Waals surface area contributed by atoms with Gasteiger partial charge in [-0.2, -0.15) is 0 Å². The number of nitrogens with zero attached hydrogens (tertiary/aromatic N) is 2. The highest BCUT2D eigenvalue weighted by atomic mass is 16.5. The Bertz CT molecular complexity index is 347. The molecule has 0 atom stereocenters. The van der Waals surface area contributed by atoms with Crippen molar-refractivity contribution in [3.63, 3.8) is 0 Å². The lowest BCUT2D eigenvalue weighted by molar-refractivity contribution is 0.0443. The SMILES string of the molecule is C(#Cc1c[c]ncc1)CN1CCOCC1. The van der Waals surface area contributed by atoms with Gasteiger partial charge in [0.1, 0.15) is 0 Å². The molecular formula is C12H13N2O. The molecule has 1 fully saturated rings. The van der Waals surface area contributed by atoms with Crippen molar-refractivity contribution in [2.75, 3.05) is 32.8 Å². The third-order valence-corrected chi connectivity index (χ3v) is 2.26. The molecule has 0 aliphatic carbocycles. The first-order chi connectivity index (χ1) is 7.45. The first-order valence-electron chi connectivity index (χ1n) is 5.06. The molecule has 0 amide bonds. The molecule has 1 aromatic rings.